The Bertz CT molecular complexity index is 410. The standard InChI is InChI=1S/C15H17ClO/c16-11-4-3-6-13-7-5-10-15(12-13)17-14-8-1-2-9-14/h5,7,10,12,14H,1-2,4,8-9,11H2. The van der Waals surface area contributed by atoms with Crippen molar-refractivity contribution in [2.24, 2.45) is 0 Å². The van der Waals surface area contributed by atoms with E-state index in [-0.39, 0.29) is 0 Å². The first-order valence-corrected chi connectivity index (χ1v) is 6.73. The molecule has 1 aliphatic rings. The van der Waals surface area contributed by atoms with E-state index in [1.807, 2.05) is 24.3 Å². The van der Waals surface area contributed by atoms with Crippen molar-refractivity contribution in [1.82, 2.24) is 0 Å². The fraction of sp³-hybridized carbons (Fsp3) is 0.467. The molecular weight excluding hydrogens is 232 g/mol. The number of alkyl halides is 1. The molecule has 0 atom stereocenters. The number of rotatable bonds is 3. The van der Waals surface area contributed by atoms with Crippen LogP contribution in [0.5, 0.6) is 5.75 Å². The molecule has 2 rings (SSSR count). The number of hydrogen-bond donors (Lipinski definition) is 0. The van der Waals surface area contributed by atoms with Gasteiger partial charge in [-0.05, 0) is 43.9 Å². The van der Waals surface area contributed by atoms with Crippen LogP contribution in [0.15, 0.2) is 24.3 Å². The van der Waals surface area contributed by atoms with Gasteiger partial charge in [-0.2, -0.15) is 0 Å². The maximum atomic E-state index is 5.93. The van der Waals surface area contributed by atoms with E-state index in [1.165, 1.54) is 25.7 Å². The molecule has 0 radical (unpaired) electrons. The van der Waals surface area contributed by atoms with Gasteiger partial charge >= 0.3 is 0 Å². The topological polar surface area (TPSA) is 9.23 Å². The average Bonchev–Trinajstić information content (AvgIpc) is 2.83. The van der Waals surface area contributed by atoms with Crippen LogP contribution in [0.1, 0.15) is 37.7 Å². The Hall–Kier alpha value is -1.13. The molecule has 0 heterocycles. The van der Waals surface area contributed by atoms with Gasteiger partial charge in [0.1, 0.15) is 5.75 Å². The summed E-state index contributed by atoms with van der Waals surface area (Å²) in [6.45, 7) is 0. The molecule has 0 bridgehead atoms. The molecule has 1 saturated carbocycles. The van der Waals surface area contributed by atoms with E-state index in [0.29, 0.717) is 12.0 Å². The van der Waals surface area contributed by atoms with Crippen LogP contribution in [0.4, 0.5) is 0 Å². The fourth-order valence-corrected chi connectivity index (χ4v) is 2.15. The highest BCUT2D eigenvalue weighted by atomic mass is 35.5. The molecule has 1 aliphatic carbocycles. The Labute approximate surface area is 108 Å². The third-order valence-electron chi connectivity index (χ3n) is 2.89. The summed E-state index contributed by atoms with van der Waals surface area (Å²) < 4.78 is 5.93. The Morgan fingerprint density at radius 1 is 1.29 bits per heavy atom. The monoisotopic (exact) mass is 248 g/mol. The first-order chi connectivity index (χ1) is 8.38. The Balaban J connectivity index is 1.98. The van der Waals surface area contributed by atoms with Gasteiger partial charge in [-0.15, -0.1) is 11.6 Å². The molecule has 0 unspecified atom stereocenters. The lowest BCUT2D eigenvalue weighted by Gasteiger charge is -2.12. The Kier molecular flexibility index (Phi) is 4.76. The number of ether oxygens (including phenoxy) is 1. The summed E-state index contributed by atoms with van der Waals surface area (Å²) in [5, 5.41) is 0. The van der Waals surface area contributed by atoms with Crippen molar-refractivity contribution in [3.63, 3.8) is 0 Å². The molecular formula is C15H17ClO. The van der Waals surface area contributed by atoms with Gasteiger partial charge in [0.25, 0.3) is 0 Å². The molecule has 0 N–H and O–H groups in total. The zero-order chi connectivity index (χ0) is 11.9. The van der Waals surface area contributed by atoms with Crippen molar-refractivity contribution < 1.29 is 4.74 Å². The molecule has 0 saturated heterocycles. The van der Waals surface area contributed by atoms with Crippen molar-refractivity contribution in [3.05, 3.63) is 29.8 Å². The maximum Gasteiger partial charge on any atom is 0.120 e. The summed E-state index contributed by atoms with van der Waals surface area (Å²) in [7, 11) is 0. The predicted molar refractivity (Wildman–Crippen MR) is 71.5 cm³/mol. The van der Waals surface area contributed by atoms with E-state index in [0.717, 1.165) is 17.7 Å². The molecule has 90 valence electrons. The third-order valence-corrected chi connectivity index (χ3v) is 3.08. The van der Waals surface area contributed by atoms with Crippen LogP contribution < -0.4 is 4.74 Å². The second-order valence-corrected chi connectivity index (χ2v) is 4.67. The van der Waals surface area contributed by atoms with Gasteiger partial charge in [0.05, 0.1) is 6.10 Å². The molecule has 17 heavy (non-hydrogen) atoms. The lowest BCUT2D eigenvalue weighted by atomic mass is 10.2. The minimum Gasteiger partial charge on any atom is -0.490 e. The molecule has 1 fully saturated rings. The lowest BCUT2D eigenvalue weighted by molar-refractivity contribution is 0.210. The van der Waals surface area contributed by atoms with E-state index in [2.05, 4.69) is 11.8 Å². The molecule has 0 aromatic heterocycles. The van der Waals surface area contributed by atoms with Crippen LogP contribution in [0, 0.1) is 11.8 Å². The average molecular weight is 249 g/mol. The first-order valence-electron chi connectivity index (χ1n) is 6.20. The highest BCUT2D eigenvalue weighted by Gasteiger charge is 2.16. The van der Waals surface area contributed by atoms with Crippen LogP contribution in [-0.4, -0.2) is 12.0 Å². The van der Waals surface area contributed by atoms with Crippen molar-refractivity contribution in [3.8, 4) is 17.6 Å². The van der Waals surface area contributed by atoms with E-state index < -0.39 is 0 Å². The zero-order valence-corrected chi connectivity index (χ0v) is 10.7. The summed E-state index contributed by atoms with van der Waals surface area (Å²) in [5.74, 6) is 7.66. The maximum absolute atomic E-state index is 5.93. The Morgan fingerprint density at radius 2 is 2.12 bits per heavy atom. The van der Waals surface area contributed by atoms with E-state index in [4.69, 9.17) is 16.3 Å². The smallest absolute Gasteiger partial charge is 0.120 e. The first kappa shape index (κ1) is 12.3. The minimum absolute atomic E-state index is 0.404. The molecule has 0 aliphatic heterocycles. The van der Waals surface area contributed by atoms with Crippen LogP contribution in [0.25, 0.3) is 0 Å². The molecule has 2 heteroatoms. The van der Waals surface area contributed by atoms with Crippen LogP contribution in [-0.2, 0) is 0 Å². The quantitative estimate of drug-likeness (QED) is 0.581. The number of halogens is 1. The highest BCUT2D eigenvalue weighted by Crippen LogP contribution is 2.24. The summed E-state index contributed by atoms with van der Waals surface area (Å²) >= 11 is 5.59. The molecule has 0 amide bonds. The highest BCUT2D eigenvalue weighted by molar-refractivity contribution is 6.18. The van der Waals surface area contributed by atoms with E-state index >= 15 is 0 Å². The second-order valence-electron chi connectivity index (χ2n) is 4.29. The normalized spacial score (nSPS) is 15.4. The third kappa shape index (κ3) is 3.98. The van der Waals surface area contributed by atoms with E-state index in [9.17, 15) is 0 Å². The van der Waals surface area contributed by atoms with Crippen molar-refractivity contribution in [2.75, 3.05) is 5.88 Å². The van der Waals surface area contributed by atoms with Gasteiger partial charge in [0.2, 0.25) is 0 Å². The molecule has 0 spiro atoms. The number of benzene rings is 1. The van der Waals surface area contributed by atoms with Gasteiger partial charge < -0.3 is 4.74 Å². The SMILES string of the molecule is ClCCC#Cc1cccc(OC2CCCC2)c1. The summed E-state index contributed by atoms with van der Waals surface area (Å²) in [6.07, 6.45) is 6.08. The Morgan fingerprint density at radius 3 is 2.88 bits per heavy atom. The van der Waals surface area contributed by atoms with Crippen molar-refractivity contribution >= 4 is 11.6 Å². The fourth-order valence-electron chi connectivity index (χ4n) is 2.06. The van der Waals surface area contributed by atoms with Crippen LogP contribution in [0.2, 0.25) is 0 Å². The largest absolute Gasteiger partial charge is 0.490 e. The zero-order valence-electron chi connectivity index (χ0n) is 9.92. The summed E-state index contributed by atoms with van der Waals surface area (Å²) in [5.41, 5.74) is 1.01. The summed E-state index contributed by atoms with van der Waals surface area (Å²) in [4.78, 5) is 0. The van der Waals surface area contributed by atoms with Gasteiger partial charge in [0, 0.05) is 17.9 Å². The van der Waals surface area contributed by atoms with Gasteiger partial charge in [-0.3, -0.25) is 0 Å². The van der Waals surface area contributed by atoms with Crippen molar-refractivity contribution in [2.45, 2.75) is 38.2 Å². The predicted octanol–water partition coefficient (Wildman–Crippen LogP) is 3.99. The van der Waals surface area contributed by atoms with Crippen LogP contribution >= 0.6 is 11.6 Å². The van der Waals surface area contributed by atoms with Crippen molar-refractivity contribution in [1.29, 1.82) is 0 Å². The lowest BCUT2D eigenvalue weighted by Crippen LogP contribution is -2.10. The minimum atomic E-state index is 0.404. The van der Waals surface area contributed by atoms with Gasteiger partial charge in [0.15, 0.2) is 0 Å². The van der Waals surface area contributed by atoms with E-state index in [1.54, 1.807) is 0 Å². The van der Waals surface area contributed by atoms with Gasteiger partial charge in [-0.25, -0.2) is 0 Å². The molecule has 1 aromatic carbocycles. The molecule has 1 aromatic rings. The number of hydrogen-bond acceptors (Lipinski definition) is 1. The van der Waals surface area contributed by atoms with Crippen LogP contribution in [0.3, 0.4) is 0 Å². The van der Waals surface area contributed by atoms with Gasteiger partial charge in [-0.1, -0.05) is 17.9 Å². The second kappa shape index (κ2) is 6.57. The summed E-state index contributed by atoms with van der Waals surface area (Å²) in [6, 6.07) is 8.02. The molecule has 1 nitrogen and oxygen atoms in total.